The highest BCUT2D eigenvalue weighted by molar-refractivity contribution is 8.03. The summed E-state index contributed by atoms with van der Waals surface area (Å²) in [7, 11) is 0. The monoisotopic (exact) mass is 174 g/mol. The molecule has 0 aromatic carbocycles. The van der Waals surface area contributed by atoms with Gasteiger partial charge in [0.2, 0.25) is 0 Å². The van der Waals surface area contributed by atoms with Crippen molar-refractivity contribution in [2.24, 2.45) is 0 Å². The first kappa shape index (κ1) is 8.54. The molecule has 1 rings (SSSR count). The van der Waals surface area contributed by atoms with Crippen molar-refractivity contribution in [3.8, 4) is 0 Å². The van der Waals surface area contributed by atoms with E-state index in [-0.39, 0.29) is 0 Å². The minimum atomic E-state index is 1.21. The van der Waals surface area contributed by atoms with Crippen molar-refractivity contribution >= 4 is 24.4 Å². The predicted octanol–water partition coefficient (Wildman–Crippen LogP) is 3.45. The lowest BCUT2D eigenvalue weighted by Gasteiger charge is -2.02. The molecule has 0 aromatic rings. The van der Waals surface area contributed by atoms with Crippen LogP contribution in [0.3, 0.4) is 0 Å². The lowest BCUT2D eigenvalue weighted by molar-refractivity contribution is 0.715. The summed E-state index contributed by atoms with van der Waals surface area (Å²) in [6.45, 7) is 0. The van der Waals surface area contributed by atoms with E-state index < -0.39 is 0 Å². The summed E-state index contributed by atoms with van der Waals surface area (Å²) in [5, 5.41) is 0. The molecule has 0 aromatic heterocycles. The summed E-state index contributed by atoms with van der Waals surface area (Å²) in [5.41, 5.74) is 0. The molecular weight excluding hydrogens is 160 g/mol. The molecule has 0 atom stereocenters. The number of hydrogen-bond donors (Lipinski definition) is 1. The van der Waals surface area contributed by atoms with E-state index in [0.717, 1.165) is 0 Å². The highest BCUT2D eigenvalue weighted by Gasteiger charge is 2.06. The number of thioether (sulfide) groups is 1. The average Bonchev–Trinajstić information content (AvgIpc) is 2.13. The Bertz CT molecular complexity index is 138. The van der Waals surface area contributed by atoms with E-state index in [1.54, 1.807) is 0 Å². The highest BCUT2D eigenvalue weighted by Crippen LogP contribution is 2.31. The molecule has 0 heterocycles. The molecule has 0 spiro atoms. The van der Waals surface area contributed by atoms with Gasteiger partial charge >= 0.3 is 0 Å². The Morgan fingerprint density at radius 3 is 2.60 bits per heavy atom. The molecule has 0 saturated carbocycles. The van der Waals surface area contributed by atoms with Crippen LogP contribution in [0.25, 0.3) is 0 Å². The predicted molar refractivity (Wildman–Crippen MR) is 52.6 cm³/mol. The smallest absolute Gasteiger partial charge is 0.00626 e. The van der Waals surface area contributed by atoms with Gasteiger partial charge in [-0.1, -0.05) is 6.42 Å². The maximum Gasteiger partial charge on any atom is -0.00626 e. The molecule has 0 radical (unpaired) electrons. The van der Waals surface area contributed by atoms with Crippen molar-refractivity contribution in [3.05, 3.63) is 9.81 Å². The summed E-state index contributed by atoms with van der Waals surface area (Å²) in [5.74, 6) is 0. The molecule has 0 unspecified atom stereocenters. The van der Waals surface area contributed by atoms with Gasteiger partial charge in [-0.05, 0) is 41.7 Å². The second kappa shape index (κ2) is 4.35. The Hall–Kier alpha value is 0.440. The van der Waals surface area contributed by atoms with E-state index in [4.69, 9.17) is 0 Å². The first-order valence-corrected chi connectivity index (χ1v) is 5.47. The molecule has 58 valence electrons. The zero-order valence-corrected chi connectivity index (χ0v) is 8.10. The molecular formula is C8H14S2. The minimum Gasteiger partial charge on any atom is -0.147 e. The third-order valence-electron chi connectivity index (χ3n) is 1.89. The molecule has 0 amide bonds. The van der Waals surface area contributed by atoms with Gasteiger partial charge in [0.15, 0.2) is 0 Å². The summed E-state index contributed by atoms with van der Waals surface area (Å²) < 4.78 is 0. The quantitative estimate of drug-likeness (QED) is 0.594. The molecule has 0 fully saturated rings. The molecule has 1 aliphatic rings. The van der Waals surface area contributed by atoms with Gasteiger partial charge in [0.05, 0.1) is 0 Å². The van der Waals surface area contributed by atoms with E-state index in [9.17, 15) is 0 Å². The SMILES string of the molecule is CSC1=C(S)CCCCC1. The summed E-state index contributed by atoms with van der Waals surface area (Å²) in [4.78, 5) is 2.85. The van der Waals surface area contributed by atoms with E-state index in [2.05, 4.69) is 18.9 Å². The molecule has 0 saturated heterocycles. The van der Waals surface area contributed by atoms with Crippen molar-refractivity contribution in [2.45, 2.75) is 32.1 Å². The second-order valence-corrected chi connectivity index (χ2v) is 4.08. The van der Waals surface area contributed by atoms with E-state index >= 15 is 0 Å². The molecule has 0 aliphatic heterocycles. The van der Waals surface area contributed by atoms with Crippen LogP contribution >= 0.6 is 24.4 Å². The van der Waals surface area contributed by atoms with E-state index in [1.165, 1.54) is 41.9 Å². The fraction of sp³-hybridized carbons (Fsp3) is 0.750. The van der Waals surface area contributed by atoms with Gasteiger partial charge in [-0.15, -0.1) is 24.4 Å². The van der Waals surface area contributed by atoms with Crippen molar-refractivity contribution in [1.82, 2.24) is 0 Å². The third kappa shape index (κ3) is 2.24. The summed E-state index contributed by atoms with van der Waals surface area (Å²) in [6.07, 6.45) is 8.70. The summed E-state index contributed by atoms with van der Waals surface area (Å²) >= 11 is 6.33. The average molecular weight is 174 g/mol. The lowest BCUT2D eigenvalue weighted by Crippen LogP contribution is -1.77. The van der Waals surface area contributed by atoms with Crippen LogP contribution in [0, 0.1) is 0 Å². The fourth-order valence-electron chi connectivity index (χ4n) is 1.26. The Kier molecular flexibility index (Phi) is 3.71. The van der Waals surface area contributed by atoms with Crippen molar-refractivity contribution in [2.75, 3.05) is 6.26 Å². The zero-order valence-electron chi connectivity index (χ0n) is 6.39. The van der Waals surface area contributed by atoms with Gasteiger partial charge in [0.1, 0.15) is 0 Å². The van der Waals surface area contributed by atoms with Gasteiger partial charge in [0.25, 0.3) is 0 Å². The van der Waals surface area contributed by atoms with Gasteiger partial charge in [-0.25, -0.2) is 0 Å². The van der Waals surface area contributed by atoms with Crippen LogP contribution in [-0.2, 0) is 0 Å². The van der Waals surface area contributed by atoms with Gasteiger partial charge < -0.3 is 0 Å². The standard InChI is InChI=1S/C8H14S2/c1-10-8-6-4-2-3-5-7(8)9/h9H,2-6H2,1H3. The van der Waals surface area contributed by atoms with Crippen LogP contribution < -0.4 is 0 Å². The Morgan fingerprint density at radius 2 is 1.90 bits per heavy atom. The Balaban J connectivity index is 2.58. The van der Waals surface area contributed by atoms with Crippen LogP contribution in [0.15, 0.2) is 9.81 Å². The van der Waals surface area contributed by atoms with Gasteiger partial charge in [-0.3, -0.25) is 0 Å². The van der Waals surface area contributed by atoms with E-state index in [1.807, 2.05) is 11.8 Å². The maximum absolute atomic E-state index is 4.46. The molecule has 10 heavy (non-hydrogen) atoms. The molecule has 2 heteroatoms. The fourth-order valence-corrected chi connectivity index (χ4v) is 2.49. The van der Waals surface area contributed by atoms with Gasteiger partial charge in [-0.2, -0.15) is 0 Å². The van der Waals surface area contributed by atoms with Crippen LogP contribution in [0.5, 0.6) is 0 Å². The highest BCUT2D eigenvalue weighted by atomic mass is 32.2. The van der Waals surface area contributed by atoms with Gasteiger partial charge in [0, 0.05) is 0 Å². The van der Waals surface area contributed by atoms with Crippen LogP contribution in [0.4, 0.5) is 0 Å². The topological polar surface area (TPSA) is 0 Å². The molecule has 0 N–H and O–H groups in total. The minimum absolute atomic E-state index is 1.21. The number of hydrogen-bond acceptors (Lipinski definition) is 2. The van der Waals surface area contributed by atoms with Crippen molar-refractivity contribution in [3.63, 3.8) is 0 Å². The van der Waals surface area contributed by atoms with E-state index in [0.29, 0.717) is 0 Å². The van der Waals surface area contributed by atoms with Crippen LogP contribution in [0.2, 0.25) is 0 Å². The molecule has 1 aliphatic carbocycles. The lowest BCUT2D eigenvalue weighted by atomic mass is 10.2. The van der Waals surface area contributed by atoms with Crippen molar-refractivity contribution in [1.29, 1.82) is 0 Å². The maximum atomic E-state index is 4.46. The Labute approximate surface area is 72.9 Å². The first-order chi connectivity index (χ1) is 4.84. The second-order valence-electron chi connectivity index (χ2n) is 2.63. The summed E-state index contributed by atoms with van der Waals surface area (Å²) in [6, 6.07) is 0. The third-order valence-corrected chi connectivity index (χ3v) is 3.47. The molecule has 0 nitrogen and oxygen atoms in total. The van der Waals surface area contributed by atoms with Crippen molar-refractivity contribution < 1.29 is 0 Å². The first-order valence-electron chi connectivity index (χ1n) is 3.79. The largest absolute Gasteiger partial charge is 0.147 e. The number of thiol groups is 1. The van der Waals surface area contributed by atoms with Crippen LogP contribution in [0.1, 0.15) is 32.1 Å². The normalized spacial score (nSPS) is 21.0. The number of allylic oxidation sites excluding steroid dienone is 2. The number of rotatable bonds is 1. The Morgan fingerprint density at radius 1 is 1.20 bits per heavy atom. The molecule has 0 bridgehead atoms. The van der Waals surface area contributed by atoms with Crippen LogP contribution in [-0.4, -0.2) is 6.26 Å². The zero-order chi connectivity index (χ0) is 7.40.